The Labute approximate surface area is 113 Å². The molecule has 1 aromatic carbocycles. The second-order valence-electron chi connectivity index (χ2n) is 3.96. The summed E-state index contributed by atoms with van der Waals surface area (Å²) in [5.74, 6) is 0. The molecule has 2 aromatic rings. The lowest BCUT2D eigenvalue weighted by Gasteiger charge is -1.99. The molecule has 0 aliphatic heterocycles. The van der Waals surface area contributed by atoms with Crippen LogP contribution in [0, 0.1) is 0 Å². The van der Waals surface area contributed by atoms with Gasteiger partial charge in [-0.15, -0.1) is 0 Å². The third-order valence-corrected chi connectivity index (χ3v) is 2.64. The van der Waals surface area contributed by atoms with Crippen molar-refractivity contribution in [1.82, 2.24) is 0 Å². The molecule has 0 spiro atoms. The molecule has 1 aromatic heterocycles. The van der Waals surface area contributed by atoms with Crippen molar-refractivity contribution in [3.05, 3.63) is 60.4 Å². The number of nitrogens with zero attached hydrogens (tertiary/aromatic N) is 1. The number of pyridine rings is 1. The number of aromatic nitrogens is 1. The molecule has 0 atom stereocenters. The highest BCUT2D eigenvalue weighted by atomic mass is 79.9. The lowest BCUT2D eigenvalue weighted by Crippen LogP contribution is -3.00. The van der Waals surface area contributed by atoms with Gasteiger partial charge in [-0.3, -0.25) is 0 Å². The predicted octanol–water partition coefficient (Wildman–Crippen LogP) is -0.807. The Morgan fingerprint density at radius 1 is 0.941 bits per heavy atom. The molecule has 2 N–H and O–H groups in total. The van der Waals surface area contributed by atoms with E-state index in [4.69, 9.17) is 5.73 Å². The fraction of sp³-hybridized carbons (Fsp3) is 0.214. The average Bonchev–Trinajstić information content (AvgIpc) is 2.33. The van der Waals surface area contributed by atoms with Crippen LogP contribution >= 0.6 is 0 Å². The fourth-order valence-corrected chi connectivity index (χ4v) is 1.73. The zero-order valence-electron chi connectivity index (χ0n) is 9.72. The maximum atomic E-state index is 5.63. The van der Waals surface area contributed by atoms with Crippen molar-refractivity contribution in [2.24, 2.45) is 0 Å². The molecule has 0 aliphatic rings. The van der Waals surface area contributed by atoms with Gasteiger partial charge in [-0.25, -0.2) is 4.57 Å². The van der Waals surface area contributed by atoms with Crippen LogP contribution in [0.2, 0.25) is 0 Å². The van der Waals surface area contributed by atoms with E-state index in [1.165, 1.54) is 5.56 Å². The van der Waals surface area contributed by atoms with E-state index in [9.17, 15) is 0 Å². The van der Waals surface area contributed by atoms with Gasteiger partial charge in [-0.1, -0.05) is 30.3 Å². The van der Waals surface area contributed by atoms with Gasteiger partial charge in [0.05, 0.1) is 0 Å². The van der Waals surface area contributed by atoms with Gasteiger partial charge >= 0.3 is 0 Å². The number of nitrogens with two attached hydrogens (primary N) is 1. The van der Waals surface area contributed by atoms with E-state index in [2.05, 4.69) is 34.9 Å². The zero-order chi connectivity index (χ0) is 11.2. The highest BCUT2D eigenvalue weighted by Gasteiger charge is 1.99. The highest BCUT2D eigenvalue weighted by molar-refractivity contribution is 5.32. The molecule has 3 heteroatoms. The summed E-state index contributed by atoms with van der Waals surface area (Å²) >= 11 is 0. The van der Waals surface area contributed by atoms with Crippen LogP contribution in [0.15, 0.2) is 54.9 Å². The van der Waals surface area contributed by atoms with Crippen molar-refractivity contribution >= 4 is 5.69 Å². The third-order valence-electron chi connectivity index (χ3n) is 2.64. The van der Waals surface area contributed by atoms with Gasteiger partial charge in [0, 0.05) is 24.2 Å². The minimum atomic E-state index is 0. The Balaban J connectivity index is 0.00000144. The summed E-state index contributed by atoms with van der Waals surface area (Å²) in [7, 11) is 0. The number of aryl methyl sites for hydroxylation is 2. The summed E-state index contributed by atoms with van der Waals surface area (Å²) in [6, 6.07) is 14.4. The molecule has 2 rings (SSSR count). The van der Waals surface area contributed by atoms with Gasteiger partial charge in [-0.05, 0) is 12.0 Å². The van der Waals surface area contributed by atoms with Gasteiger partial charge in [0.2, 0.25) is 0 Å². The monoisotopic (exact) mass is 292 g/mol. The Morgan fingerprint density at radius 3 is 2.24 bits per heavy atom. The second-order valence-corrected chi connectivity index (χ2v) is 3.96. The van der Waals surface area contributed by atoms with Gasteiger partial charge in [0.25, 0.3) is 0 Å². The normalized spacial score (nSPS) is 9.65. The lowest BCUT2D eigenvalue weighted by molar-refractivity contribution is -0.697. The number of rotatable bonds is 4. The van der Waals surface area contributed by atoms with Crippen LogP contribution in [-0.4, -0.2) is 0 Å². The largest absolute Gasteiger partial charge is 1.00 e. The second kappa shape index (κ2) is 7.07. The molecule has 0 saturated carbocycles. The summed E-state index contributed by atoms with van der Waals surface area (Å²) < 4.78 is 2.17. The minimum absolute atomic E-state index is 0. The Kier molecular flexibility index (Phi) is 5.70. The number of benzene rings is 1. The fourth-order valence-electron chi connectivity index (χ4n) is 1.73. The van der Waals surface area contributed by atoms with Crippen molar-refractivity contribution in [2.45, 2.75) is 19.4 Å². The number of hydrogen-bond donors (Lipinski definition) is 1. The Hall–Kier alpha value is -1.35. The van der Waals surface area contributed by atoms with Gasteiger partial charge in [0.1, 0.15) is 6.54 Å². The van der Waals surface area contributed by atoms with Crippen molar-refractivity contribution in [3.63, 3.8) is 0 Å². The quantitative estimate of drug-likeness (QED) is 0.735. The number of hydrogen-bond acceptors (Lipinski definition) is 1. The Morgan fingerprint density at radius 2 is 1.59 bits per heavy atom. The predicted molar refractivity (Wildman–Crippen MR) is 65.8 cm³/mol. The molecule has 0 bridgehead atoms. The first-order valence-electron chi connectivity index (χ1n) is 5.63. The van der Waals surface area contributed by atoms with Crippen LogP contribution in [-0.2, 0) is 13.0 Å². The molecule has 0 aliphatic carbocycles. The third kappa shape index (κ3) is 4.57. The zero-order valence-corrected chi connectivity index (χ0v) is 11.3. The van der Waals surface area contributed by atoms with Crippen molar-refractivity contribution in [2.75, 3.05) is 5.73 Å². The topological polar surface area (TPSA) is 29.9 Å². The van der Waals surface area contributed by atoms with Crippen LogP contribution in [0.25, 0.3) is 0 Å². The molecule has 2 nitrogen and oxygen atoms in total. The van der Waals surface area contributed by atoms with Crippen molar-refractivity contribution in [3.8, 4) is 0 Å². The standard InChI is InChI=1S/C14H16N2.BrH/c15-14-8-11-16(12-9-14)10-4-7-13-5-2-1-3-6-13;/h1-3,5-6,8-9,11-12,15H,4,7,10H2;1H. The van der Waals surface area contributed by atoms with Crippen LogP contribution < -0.4 is 27.3 Å². The van der Waals surface area contributed by atoms with Crippen molar-refractivity contribution < 1.29 is 21.5 Å². The first-order chi connectivity index (χ1) is 7.84. The van der Waals surface area contributed by atoms with Crippen LogP contribution in [0.4, 0.5) is 5.69 Å². The smallest absolute Gasteiger partial charge is 0.170 e. The molecule has 0 saturated heterocycles. The van der Waals surface area contributed by atoms with E-state index < -0.39 is 0 Å². The Bertz CT molecular complexity index is 426. The summed E-state index contributed by atoms with van der Waals surface area (Å²) in [5.41, 5.74) is 7.85. The van der Waals surface area contributed by atoms with Gasteiger partial charge in [0.15, 0.2) is 12.4 Å². The highest BCUT2D eigenvalue weighted by Crippen LogP contribution is 2.02. The average molecular weight is 293 g/mol. The number of halogens is 1. The number of nitrogen functional groups attached to an aromatic ring is 1. The van der Waals surface area contributed by atoms with Gasteiger partial charge < -0.3 is 22.7 Å². The van der Waals surface area contributed by atoms with E-state index in [1.54, 1.807) is 0 Å². The van der Waals surface area contributed by atoms with E-state index in [1.807, 2.05) is 24.5 Å². The van der Waals surface area contributed by atoms with E-state index in [0.717, 1.165) is 25.1 Å². The van der Waals surface area contributed by atoms with E-state index in [0.29, 0.717) is 0 Å². The molecular formula is C14H17BrN2. The van der Waals surface area contributed by atoms with Crippen molar-refractivity contribution in [1.29, 1.82) is 0 Å². The molecule has 0 amide bonds. The van der Waals surface area contributed by atoms with Crippen LogP contribution in [0.5, 0.6) is 0 Å². The molecule has 90 valence electrons. The van der Waals surface area contributed by atoms with Crippen LogP contribution in [0.3, 0.4) is 0 Å². The first kappa shape index (κ1) is 13.7. The molecular weight excluding hydrogens is 276 g/mol. The molecule has 1 heterocycles. The summed E-state index contributed by atoms with van der Waals surface area (Å²) in [6.07, 6.45) is 6.33. The minimum Gasteiger partial charge on any atom is -1.00 e. The van der Waals surface area contributed by atoms with E-state index >= 15 is 0 Å². The molecule has 0 radical (unpaired) electrons. The summed E-state index contributed by atoms with van der Waals surface area (Å²) in [6.45, 7) is 1.04. The maximum absolute atomic E-state index is 5.63. The number of anilines is 1. The molecule has 17 heavy (non-hydrogen) atoms. The van der Waals surface area contributed by atoms with Gasteiger partial charge in [-0.2, -0.15) is 0 Å². The molecule has 0 fully saturated rings. The van der Waals surface area contributed by atoms with Crippen LogP contribution in [0.1, 0.15) is 12.0 Å². The molecule has 0 unspecified atom stereocenters. The summed E-state index contributed by atoms with van der Waals surface area (Å²) in [5, 5.41) is 0. The SMILES string of the molecule is Nc1cc[n+](CCCc2ccccc2)cc1.[Br-]. The maximum Gasteiger partial charge on any atom is 0.170 e. The lowest BCUT2D eigenvalue weighted by atomic mass is 10.1. The summed E-state index contributed by atoms with van der Waals surface area (Å²) in [4.78, 5) is 0. The van der Waals surface area contributed by atoms with E-state index in [-0.39, 0.29) is 17.0 Å². The first-order valence-corrected chi connectivity index (χ1v) is 5.63.